The molecule has 4 rings (SSSR count). The van der Waals surface area contributed by atoms with Crippen LogP contribution in [0.25, 0.3) is 0 Å². The monoisotopic (exact) mass is 473 g/mol. The molecule has 2 saturated heterocycles. The summed E-state index contributed by atoms with van der Waals surface area (Å²) in [6.45, 7) is 4.85. The van der Waals surface area contributed by atoms with Crippen LogP contribution in [0.4, 0.5) is 13.2 Å². The molecule has 2 aromatic rings. The highest BCUT2D eigenvalue weighted by Gasteiger charge is 2.41. The quantitative estimate of drug-likeness (QED) is 0.722. The topological polar surface area (TPSA) is 109 Å². The maximum atomic E-state index is 12.5. The summed E-state index contributed by atoms with van der Waals surface area (Å²) in [6, 6.07) is 0. The highest BCUT2D eigenvalue weighted by molar-refractivity contribution is 7.09. The fourth-order valence-electron chi connectivity index (χ4n) is 3.57. The van der Waals surface area contributed by atoms with Crippen LogP contribution < -0.4 is 0 Å². The predicted molar refractivity (Wildman–Crippen MR) is 107 cm³/mol. The van der Waals surface area contributed by atoms with Gasteiger partial charge >= 0.3 is 12.1 Å². The molecule has 2 aromatic heterocycles. The number of morpholine rings is 1. The van der Waals surface area contributed by atoms with Crippen LogP contribution >= 0.6 is 11.3 Å². The first-order chi connectivity index (χ1) is 15.2. The lowest BCUT2D eigenvalue weighted by Crippen LogP contribution is -2.57. The number of amides is 1. The Kier molecular flexibility index (Phi) is 7.74. The molecule has 13 heteroatoms. The van der Waals surface area contributed by atoms with Crippen LogP contribution in [-0.2, 0) is 16.1 Å². The van der Waals surface area contributed by atoms with E-state index in [-0.39, 0.29) is 11.5 Å². The highest BCUT2D eigenvalue weighted by atomic mass is 32.1. The molecule has 2 fully saturated rings. The van der Waals surface area contributed by atoms with Crippen LogP contribution in [0.15, 0.2) is 30.2 Å². The highest BCUT2D eigenvalue weighted by Crippen LogP contribution is 2.31. The lowest BCUT2D eigenvalue weighted by atomic mass is 9.89. The number of nitrogens with zero attached hydrogens (tertiary/aromatic N) is 5. The number of hydrogen-bond acceptors (Lipinski definition) is 8. The number of piperidine rings is 1. The second-order valence-corrected chi connectivity index (χ2v) is 8.33. The van der Waals surface area contributed by atoms with Gasteiger partial charge in [0.15, 0.2) is 0 Å². The van der Waals surface area contributed by atoms with Gasteiger partial charge in [0.1, 0.15) is 10.7 Å². The summed E-state index contributed by atoms with van der Waals surface area (Å²) >= 11 is 1.69. The Morgan fingerprint density at radius 2 is 1.88 bits per heavy atom. The number of thiazole rings is 1. The van der Waals surface area contributed by atoms with E-state index in [0.29, 0.717) is 18.8 Å². The number of likely N-dealkylation sites (tertiary alicyclic amines) is 1. The molecule has 0 aliphatic carbocycles. The number of alkyl halides is 3. The number of aliphatic carboxylic acids is 1. The third kappa shape index (κ3) is 6.43. The van der Waals surface area contributed by atoms with E-state index < -0.39 is 12.1 Å². The molecule has 1 N–H and O–H groups in total. The predicted octanol–water partition coefficient (Wildman–Crippen LogP) is 2.07. The van der Waals surface area contributed by atoms with Crippen molar-refractivity contribution >= 4 is 23.2 Å². The minimum Gasteiger partial charge on any atom is -0.475 e. The van der Waals surface area contributed by atoms with Crippen LogP contribution in [0.5, 0.6) is 0 Å². The molecule has 2 aliphatic rings. The summed E-state index contributed by atoms with van der Waals surface area (Å²) in [4.78, 5) is 38.2. The standard InChI is InChI=1S/C17H21N5O2S.C2HF3O2/c23-16(14-11-18-3-4-19-14)22-6-1-17(2-7-22)13-21(8-9-24-17)12-15-20-5-10-25-15;3-2(4,5)1(6)7/h3-5,10-11H,1-2,6-9,12-13H2;(H,6,7). The van der Waals surface area contributed by atoms with Gasteiger partial charge in [0.05, 0.1) is 24.9 Å². The van der Waals surface area contributed by atoms with Gasteiger partial charge in [0.2, 0.25) is 0 Å². The summed E-state index contributed by atoms with van der Waals surface area (Å²) in [5.74, 6) is -2.80. The minimum atomic E-state index is -5.08. The maximum Gasteiger partial charge on any atom is 0.490 e. The Morgan fingerprint density at radius 1 is 1.16 bits per heavy atom. The third-order valence-electron chi connectivity index (χ3n) is 5.16. The van der Waals surface area contributed by atoms with Crippen molar-refractivity contribution in [2.24, 2.45) is 0 Å². The number of carbonyl (C=O) groups is 2. The Balaban J connectivity index is 0.000000360. The largest absolute Gasteiger partial charge is 0.490 e. The minimum absolute atomic E-state index is 0.0431. The molecule has 2 aliphatic heterocycles. The number of hydrogen-bond donors (Lipinski definition) is 1. The van der Waals surface area contributed by atoms with Gasteiger partial charge in [-0.25, -0.2) is 14.8 Å². The summed E-state index contributed by atoms with van der Waals surface area (Å²) in [5, 5.41) is 10.3. The van der Waals surface area contributed by atoms with Crippen molar-refractivity contribution in [3.63, 3.8) is 0 Å². The van der Waals surface area contributed by atoms with E-state index in [4.69, 9.17) is 14.6 Å². The van der Waals surface area contributed by atoms with Crippen LogP contribution in [0, 0.1) is 0 Å². The van der Waals surface area contributed by atoms with E-state index in [1.54, 1.807) is 23.7 Å². The zero-order valence-corrected chi connectivity index (χ0v) is 17.8. The lowest BCUT2D eigenvalue weighted by Gasteiger charge is -2.47. The number of halogens is 3. The van der Waals surface area contributed by atoms with Crippen molar-refractivity contribution in [3.8, 4) is 0 Å². The zero-order valence-electron chi connectivity index (χ0n) is 17.0. The molecule has 0 saturated carbocycles. The van der Waals surface area contributed by atoms with Crippen molar-refractivity contribution in [2.45, 2.75) is 31.2 Å². The first kappa shape index (κ1) is 24.0. The average Bonchev–Trinajstić information content (AvgIpc) is 3.27. The number of carboxylic acid groups (broad SMARTS) is 1. The van der Waals surface area contributed by atoms with E-state index in [9.17, 15) is 18.0 Å². The number of carboxylic acids is 1. The molecule has 0 unspecified atom stereocenters. The Morgan fingerprint density at radius 3 is 2.44 bits per heavy atom. The number of rotatable bonds is 3. The number of ether oxygens (including phenoxy) is 1. The molecular formula is C19H22F3N5O4S. The zero-order chi connectivity index (χ0) is 23.2. The van der Waals surface area contributed by atoms with Crippen molar-refractivity contribution in [2.75, 3.05) is 32.8 Å². The van der Waals surface area contributed by atoms with E-state index >= 15 is 0 Å². The molecule has 0 atom stereocenters. The van der Waals surface area contributed by atoms with Crippen molar-refractivity contribution in [3.05, 3.63) is 40.9 Å². The molecule has 174 valence electrons. The molecule has 9 nitrogen and oxygen atoms in total. The molecular weight excluding hydrogens is 451 g/mol. The van der Waals surface area contributed by atoms with E-state index in [1.807, 2.05) is 16.5 Å². The van der Waals surface area contributed by atoms with Gasteiger partial charge in [0.25, 0.3) is 5.91 Å². The molecule has 0 aromatic carbocycles. The average molecular weight is 473 g/mol. The molecule has 0 radical (unpaired) electrons. The fraction of sp³-hybridized carbons (Fsp3) is 0.526. The number of carbonyl (C=O) groups excluding carboxylic acids is 1. The molecule has 4 heterocycles. The van der Waals surface area contributed by atoms with Gasteiger partial charge in [-0.05, 0) is 12.8 Å². The lowest BCUT2D eigenvalue weighted by molar-refractivity contribution is -0.192. The first-order valence-electron chi connectivity index (χ1n) is 9.79. The second-order valence-electron chi connectivity index (χ2n) is 7.35. The van der Waals surface area contributed by atoms with E-state index in [0.717, 1.165) is 44.1 Å². The smallest absolute Gasteiger partial charge is 0.475 e. The first-order valence-corrected chi connectivity index (χ1v) is 10.7. The molecule has 1 amide bonds. The summed E-state index contributed by atoms with van der Waals surface area (Å²) in [6.07, 6.45) is 3.14. The normalized spacial score (nSPS) is 18.7. The second kappa shape index (κ2) is 10.3. The van der Waals surface area contributed by atoms with Crippen LogP contribution in [0.3, 0.4) is 0 Å². The Labute approximate surface area is 185 Å². The van der Waals surface area contributed by atoms with Crippen LogP contribution in [0.1, 0.15) is 28.3 Å². The Hall–Kier alpha value is -2.64. The van der Waals surface area contributed by atoms with Gasteiger partial charge in [-0.1, -0.05) is 0 Å². The van der Waals surface area contributed by atoms with Gasteiger partial charge in [-0.2, -0.15) is 13.2 Å². The maximum absolute atomic E-state index is 12.5. The van der Waals surface area contributed by atoms with Gasteiger partial charge < -0.3 is 14.7 Å². The van der Waals surface area contributed by atoms with Crippen LogP contribution in [0.2, 0.25) is 0 Å². The van der Waals surface area contributed by atoms with Gasteiger partial charge in [0, 0.05) is 50.1 Å². The van der Waals surface area contributed by atoms with E-state index in [1.165, 1.54) is 6.20 Å². The fourth-order valence-corrected chi connectivity index (χ4v) is 4.23. The summed E-state index contributed by atoms with van der Waals surface area (Å²) < 4.78 is 37.9. The van der Waals surface area contributed by atoms with Crippen molar-refractivity contribution < 1.29 is 32.6 Å². The molecule has 1 spiro atoms. The van der Waals surface area contributed by atoms with E-state index in [2.05, 4.69) is 19.9 Å². The third-order valence-corrected chi connectivity index (χ3v) is 5.92. The number of aromatic nitrogens is 3. The van der Waals surface area contributed by atoms with Crippen molar-refractivity contribution in [1.82, 2.24) is 24.8 Å². The van der Waals surface area contributed by atoms with Gasteiger partial charge in [-0.3, -0.25) is 14.7 Å². The molecule has 32 heavy (non-hydrogen) atoms. The molecule has 0 bridgehead atoms. The van der Waals surface area contributed by atoms with Crippen molar-refractivity contribution in [1.29, 1.82) is 0 Å². The SMILES string of the molecule is O=C(O)C(F)(F)F.O=C(c1cnccn1)N1CCC2(CC1)CN(Cc1nccs1)CCO2. The summed E-state index contributed by atoms with van der Waals surface area (Å²) in [5.41, 5.74) is 0.266. The Bertz CT molecular complexity index is 890. The summed E-state index contributed by atoms with van der Waals surface area (Å²) in [7, 11) is 0. The van der Waals surface area contributed by atoms with Crippen LogP contribution in [-0.4, -0.2) is 86.3 Å². The van der Waals surface area contributed by atoms with Gasteiger partial charge in [-0.15, -0.1) is 11.3 Å².